The third-order valence-corrected chi connectivity index (χ3v) is 2.89. The summed E-state index contributed by atoms with van der Waals surface area (Å²) in [5.41, 5.74) is 1.60. The van der Waals surface area contributed by atoms with E-state index < -0.39 is 10.8 Å². The van der Waals surface area contributed by atoms with Crippen LogP contribution >= 0.6 is 0 Å². The van der Waals surface area contributed by atoms with Crippen molar-refractivity contribution >= 4 is 11.6 Å². The Kier molecular flexibility index (Phi) is 4.10. The zero-order chi connectivity index (χ0) is 14.5. The van der Waals surface area contributed by atoms with Crippen molar-refractivity contribution in [3.05, 3.63) is 75.3 Å². The van der Waals surface area contributed by atoms with E-state index in [1.54, 1.807) is 13.0 Å². The zero-order valence-corrected chi connectivity index (χ0v) is 11.0. The molecule has 0 aliphatic heterocycles. The van der Waals surface area contributed by atoms with Gasteiger partial charge in [-0.2, -0.15) is 0 Å². The van der Waals surface area contributed by atoms with Crippen molar-refractivity contribution in [3.63, 3.8) is 0 Å². The lowest BCUT2D eigenvalue weighted by Crippen LogP contribution is -2.23. The lowest BCUT2D eigenvalue weighted by Gasteiger charge is -2.06. The van der Waals surface area contributed by atoms with E-state index in [1.165, 1.54) is 12.1 Å². The number of amides is 1. The fourth-order valence-corrected chi connectivity index (χ4v) is 1.86. The third kappa shape index (κ3) is 3.20. The Bertz CT molecular complexity index is 639. The summed E-state index contributed by atoms with van der Waals surface area (Å²) < 4.78 is 0. The molecule has 0 unspecified atom stereocenters. The van der Waals surface area contributed by atoms with E-state index in [1.807, 2.05) is 30.3 Å². The number of carbonyl (C=O) groups is 1. The molecule has 1 amide bonds. The summed E-state index contributed by atoms with van der Waals surface area (Å²) in [5.74, 6) is -0.444. The van der Waals surface area contributed by atoms with Crippen molar-refractivity contribution in [2.45, 2.75) is 13.5 Å². The molecule has 0 saturated carbocycles. The minimum Gasteiger partial charge on any atom is -0.348 e. The molecule has 0 radical (unpaired) electrons. The lowest BCUT2D eigenvalue weighted by molar-refractivity contribution is -0.385. The van der Waals surface area contributed by atoms with Crippen LogP contribution in [-0.4, -0.2) is 10.8 Å². The van der Waals surface area contributed by atoms with Gasteiger partial charge < -0.3 is 5.32 Å². The predicted molar refractivity (Wildman–Crippen MR) is 75.4 cm³/mol. The first kappa shape index (κ1) is 13.7. The van der Waals surface area contributed by atoms with Crippen LogP contribution in [0.1, 0.15) is 21.5 Å². The lowest BCUT2D eigenvalue weighted by atomic mass is 10.1. The highest BCUT2D eigenvalue weighted by Gasteiger charge is 2.19. The molecule has 0 aliphatic rings. The highest BCUT2D eigenvalue weighted by Crippen LogP contribution is 2.20. The maximum atomic E-state index is 12.0. The number of nitro groups is 1. The Labute approximate surface area is 116 Å². The van der Waals surface area contributed by atoms with E-state index in [0.717, 1.165) is 11.1 Å². The molecule has 102 valence electrons. The smallest absolute Gasteiger partial charge is 0.282 e. The summed E-state index contributed by atoms with van der Waals surface area (Å²) in [4.78, 5) is 22.5. The highest BCUT2D eigenvalue weighted by atomic mass is 16.6. The van der Waals surface area contributed by atoms with Crippen molar-refractivity contribution in [2.75, 3.05) is 0 Å². The van der Waals surface area contributed by atoms with Crippen LogP contribution < -0.4 is 5.32 Å². The summed E-state index contributed by atoms with van der Waals surface area (Å²) >= 11 is 0. The number of rotatable bonds is 4. The first-order chi connectivity index (χ1) is 9.58. The number of hydrogen-bond donors (Lipinski definition) is 1. The first-order valence-electron chi connectivity index (χ1n) is 6.15. The van der Waals surface area contributed by atoms with Crippen molar-refractivity contribution in [2.24, 2.45) is 0 Å². The molecule has 0 aliphatic carbocycles. The van der Waals surface area contributed by atoms with Crippen LogP contribution in [0.2, 0.25) is 0 Å². The number of nitro benzene ring substituents is 1. The molecule has 20 heavy (non-hydrogen) atoms. The van der Waals surface area contributed by atoms with Gasteiger partial charge in [0, 0.05) is 12.6 Å². The molecule has 5 heteroatoms. The van der Waals surface area contributed by atoms with Crippen LogP contribution in [0.4, 0.5) is 5.69 Å². The minimum absolute atomic E-state index is 0.0801. The van der Waals surface area contributed by atoms with Crippen LogP contribution in [0.25, 0.3) is 0 Å². The van der Waals surface area contributed by atoms with Gasteiger partial charge in [-0.3, -0.25) is 14.9 Å². The van der Waals surface area contributed by atoms with Crippen molar-refractivity contribution in [1.82, 2.24) is 5.32 Å². The third-order valence-electron chi connectivity index (χ3n) is 2.89. The molecule has 0 aromatic heterocycles. The average Bonchev–Trinajstić information content (AvgIpc) is 2.45. The summed E-state index contributed by atoms with van der Waals surface area (Å²) in [6.45, 7) is 2.09. The largest absolute Gasteiger partial charge is 0.348 e. The van der Waals surface area contributed by atoms with Crippen LogP contribution in [-0.2, 0) is 6.54 Å². The van der Waals surface area contributed by atoms with E-state index in [4.69, 9.17) is 0 Å². The minimum atomic E-state index is -0.537. The van der Waals surface area contributed by atoms with Gasteiger partial charge in [-0.05, 0) is 24.1 Å². The summed E-state index contributed by atoms with van der Waals surface area (Å²) in [5, 5.41) is 13.7. The molecule has 0 spiro atoms. The molecular formula is C15H14N2O3. The summed E-state index contributed by atoms with van der Waals surface area (Å²) in [7, 11) is 0. The van der Waals surface area contributed by atoms with Gasteiger partial charge in [-0.1, -0.05) is 36.4 Å². The number of nitrogens with zero attached hydrogens (tertiary/aromatic N) is 1. The molecule has 0 fully saturated rings. The second-order valence-electron chi connectivity index (χ2n) is 4.45. The zero-order valence-electron chi connectivity index (χ0n) is 11.0. The first-order valence-corrected chi connectivity index (χ1v) is 6.15. The van der Waals surface area contributed by atoms with Gasteiger partial charge in [0.15, 0.2) is 0 Å². The molecule has 2 aromatic carbocycles. The molecule has 0 saturated heterocycles. The highest BCUT2D eigenvalue weighted by molar-refractivity contribution is 5.98. The van der Waals surface area contributed by atoms with E-state index in [0.29, 0.717) is 6.54 Å². The second kappa shape index (κ2) is 5.97. The monoisotopic (exact) mass is 270 g/mol. The van der Waals surface area contributed by atoms with Gasteiger partial charge >= 0.3 is 0 Å². The number of hydrogen-bond acceptors (Lipinski definition) is 3. The van der Waals surface area contributed by atoms with E-state index >= 15 is 0 Å². The van der Waals surface area contributed by atoms with Gasteiger partial charge in [0.25, 0.3) is 11.6 Å². The van der Waals surface area contributed by atoms with Crippen molar-refractivity contribution in [3.8, 4) is 0 Å². The summed E-state index contributed by atoms with van der Waals surface area (Å²) in [6, 6.07) is 13.9. The van der Waals surface area contributed by atoms with Gasteiger partial charge in [0.05, 0.1) is 4.92 Å². The van der Waals surface area contributed by atoms with E-state index in [2.05, 4.69) is 5.32 Å². The van der Waals surface area contributed by atoms with Crippen molar-refractivity contribution in [1.29, 1.82) is 0 Å². The fourth-order valence-electron chi connectivity index (χ4n) is 1.86. The van der Waals surface area contributed by atoms with Crippen LogP contribution in [0.3, 0.4) is 0 Å². The predicted octanol–water partition coefficient (Wildman–Crippen LogP) is 2.83. The van der Waals surface area contributed by atoms with Gasteiger partial charge in [0.1, 0.15) is 5.56 Å². The quantitative estimate of drug-likeness (QED) is 0.685. The Balaban J connectivity index is 2.15. The Morgan fingerprint density at radius 2 is 1.90 bits per heavy atom. The number of nitrogens with one attached hydrogen (secondary N) is 1. The standard InChI is InChI=1S/C15H14N2O3/c1-11-7-8-13(14(9-11)17(19)20)15(18)16-10-12-5-3-2-4-6-12/h2-9H,10H2,1H3,(H,16,18). The summed E-state index contributed by atoms with van der Waals surface area (Å²) in [6.07, 6.45) is 0. The van der Waals surface area contributed by atoms with Gasteiger partial charge in [-0.15, -0.1) is 0 Å². The van der Waals surface area contributed by atoms with Crippen LogP contribution in [0.5, 0.6) is 0 Å². The normalized spacial score (nSPS) is 10.1. The number of benzene rings is 2. The number of aryl methyl sites for hydroxylation is 1. The molecule has 0 atom stereocenters. The molecule has 5 nitrogen and oxygen atoms in total. The fraction of sp³-hybridized carbons (Fsp3) is 0.133. The molecular weight excluding hydrogens is 256 g/mol. The van der Waals surface area contributed by atoms with Crippen molar-refractivity contribution < 1.29 is 9.72 Å². The van der Waals surface area contributed by atoms with E-state index in [9.17, 15) is 14.9 Å². The topological polar surface area (TPSA) is 72.2 Å². The number of carbonyl (C=O) groups excluding carboxylic acids is 1. The molecule has 2 aromatic rings. The maximum absolute atomic E-state index is 12.0. The molecule has 0 bridgehead atoms. The van der Waals surface area contributed by atoms with Crippen LogP contribution in [0.15, 0.2) is 48.5 Å². The van der Waals surface area contributed by atoms with E-state index in [-0.39, 0.29) is 11.3 Å². The molecule has 0 heterocycles. The Hall–Kier alpha value is -2.69. The Morgan fingerprint density at radius 3 is 2.55 bits per heavy atom. The van der Waals surface area contributed by atoms with Gasteiger partial charge in [-0.25, -0.2) is 0 Å². The molecule has 1 N–H and O–H groups in total. The van der Waals surface area contributed by atoms with Gasteiger partial charge in [0.2, 0.25) is 0 Å². The second-order valence-corrected chi connectivity index (χ2v) is 4.45. The Morgan fingerprint density at radius 1 is 1.20 bits per heavy atom. The molecule has 2 rings (SSSR count). The van der Waals surface area contributed by atoms with Crippen LogP contribution in [0, 0.1) is 17.0 Å². The maximum Gasteiger partial charge on any atom is 0.282 e. The SMILES string of the molecule is Cc1ccc(C(=O)NCc2ccccc2)c([N+](=O)[O-])c1. The average molecular weight is 270 g/mol.